The monoisotopic (exact) mass is 314 g/mol. The molecule has 0 saturated carbocycles. The Labute approximate surface area is 116 Å². The number of nitrogens with one attached hydrogen (secondary N) is 2. The molecule has 0 aliphatic rings. The SMILES string of the molecule is [C-]#[N+]c1nc(Br)[nH]c1[N+]#[C-].[C-]#[N+]c1nc[nH]c1[N+]#[C-]. The van der Waals surface area contributed by atoms with E-state index in [1.807, 2.05) is 0 Å². The fourth-order valence-electron chi connectivity index (χ4n) is 0.928. The minimum absolute atomic E-state index is 0.113. The molecule has 0 aliphatic heterocycles. The summed E-state index contributed by atoms with van der Waals surface area (Å²) in [7, 11) is 0. The van der Waals surface area contributed by atoms with Gasteiger partial charge in [0.15, 0.2) is 0 Å². The summed E-state index contributed by atoms with van der Waals surface area (Å²) in [5, 5.41) is 0. The molecule has 0 spiro atoms. The number of aromatic amines is 2. The number of rotatable bonds is 0. The summed E-state index contributed by atoms with van der Waals surface area (Å²) < 4.78 is 0.421. The van der Waals surface area contributed by atoms with E-state index in [0.717, 1.165) is 0 Å². The Kier molecular flexibility index (Phi) is 4.81. The smallest absolute Gasteiger partial charge is 0.336 e. The zero-order valence-corrected chi connectivity index (χ0v) is 10.7. The maximum absolute atomic E-state index is 6.59. The Hall–Kier alpha value is -3.14. The van der Waals surface area contributed by atoms with E-state index in [9.17, 15) is 0 Å². The van der Waals surface area contributed by atoms with Gasteiger partial charge in [0.1, 0.15) is 0 Å². The van der Waals surface area contributed by atoms with Crippen LogP contribution in [0.4, 0.5) is 23.3 Å². The third-order valence-electron chi connectivity index (χ3n) is 1.67. The molecular weight excluding hydrogens is 312 g/mol. The van der Waals surface area contributed by atoms with Gasteiger partial charge in [-0.2, -0.15) is 0 Å². The van der Waals surface area contributed by atoms with Crippen LogP contribution < -0.4 is 0 Å². The highest BCUT2D eigenvalue weighted by Gasteiger charge is 2.09. The zero-order chi connectivity index (χ0) is 14.3. The second-order valence-electron chi connectivity index (χ2n) is 2.72. The number of nitrogens with zero attached hydrogens (tertiary/aromatic N) is 6. The molecule has 2 heterocycles. The summed E-state index contributed by atoms with van der Waals surface area (Å²) in [5.41, 5.74) is 0. The quantitative estimate of drug-likeness (QED) is 0.726. The van der Waals surface area contributed by atoms with E-state index in [1.54, 1.807) is 0 Å². The van der Waals surface area contributed by atoms with Crippen LogP contribution in [0.25, 0.3) is 19.4 Å². The molecule has 0 fully saturated rings. The Morgan fingerprint density at radius 2 is 1.58 bits per heavy atom. The highest BCUT2D eigenvalue weighted by atomic mass is 79.9. The average molecular weight is 315 g/mol. The van der Waals surface area contributed by atoms with Crippen molar-refractivity contribution in [2.75, 3.05) is 0 Å². The van der Waals surface area contributed by atoms with Crippen molar-refractivity contribution in [2.24, 2.45) is 0 Å². The van der Waals surface area contributed by atoms with E-state index in [2.05, 4.69) is 55.2 Å². The molecule has 19 heavy (non-hydrogen) atoms. The first-order chi connectivity index (χ1) is 9.15. The topological polar surface area (TPSA) is 74.8 Å². The Morgan fingerprint density at radius 1 is 0.947 bits per heavy atom. The lowest BCUT2D eigenvalue weighted by atomic mass is 10.7. The van der Waals surface area contributed by atoms with Crippen LogP contribution in [0.1, 0.15) is 0 Å². The number of H-pyrrole nitrogens is 2. The Balaban J connectivity index is 0.000000191. The summed E-state index contributed by atoms with van der Waals surface area (Å²) in [6.07, 6.45) is 1.33. The molecule has 8 nitrogen and oxygen atoms in total. The molecule has 2 N–H and O–H groups in total. The molecule has 0 amide bonds. The molecule has 0 atom stereocenters. The predicted molar refractivity (Wildman–Crippen MR) is 69.9 cm³/mol. The molecule has 2 aromatic heterocycles. The van der Waals surface area contributed by atoms with Gasteiger partial charge in [0, 0.05) is 0 Å². The average Bonchev–Trinajstić information content (AvgIpc) is 3.04. The minimum Gasteiger partial charge on any atom is -0.373 e. The van der Waals surface area contributed by atoms with Crippen LogP contribution in [0.2, 0.25) is 0 Å². The highest BCUT2D eigenvalue weighted by Crippen LogP contribution is 2.26. The second kappa shape index (κ2) is 6.56. The molecule has 90 valence electrons. The van der Waals surface area contributed by atoms with Crippen LogP contribution in [0.3, 0.4) is 0 Å². The van der Waals surface area contributed by atoms with Gasteiger partial charge in [-0.3, -0.25) is 9.97 Å². The van der Waals surface area contributed by atoms with Crippen LogP contribution in [-0.4, -0.2) is 19.9 Å². The van der Waals surface area contributed by atoms with Gasteiger partial charge in [0.2, 0.25) is 0 Å². The molecule has 0 aromatic carbocycles. The van der Waals surface area contributed by atoms with Crippen molar-refractivity contribution in [1.29, 1.82) is 0 Å². The van der Waals surface area contributed by atoms with Gasteiger partial charge in [-0.1, -0.05) is 36.3 Å². The van der Waals surface area contributed by atoms with E-state index in [1.165, 1.54) is 6.33 Å². The number of imidazole rings is 2. The predicted octanol–water partition coefficient (Wildman–Crippen LogP) is 3.79. The van der Waals surface area contributed by atoms with Crippen molar-refractivity contribution >= 4 is 39.2 Å². The van der Waals surface area contributed by atoms with Crippen LogP contribution in [-0.2, 0) is 0 Å². The van der Waals surface area contributed by atoms with Gasteiger partial charge in [0.05, 0.1) is 15.9 Å². The number of halogens is 1. The van der Waals surface area contributed by atoms with E-state index < -0.39 is 0 Å². The lowest BCUT2D eigenvalue weighted by Gasteiger charge is -1.78. The number of aromatic nitrogens is 4. The molecule has 9 heteroatoms. The fourth-order valence-corrected chi connectivity index (χ4v) is 1.28. The normalized spacial score (nSPS) is 8.05. The Bertz CT molecular complexity index is 682. The number of hydrogen-bond donors (Lipinski definition) is 2. The molecule has 0 aliphatic carbocycles. The standard InChI is InChI=1S/C5HBrN4.C5H2N4/c1-7-3-4(8-2)10-5(6)9-3;1-6-4-5(7-2)9-3-8-4/h(H,9,10);3H,(H,8,9). The summed E-state index contributed by atoms with van der Waals surface area (Å²) in [6, 6.07) is 0. The van der Waals surface area contributed by atoms with E-state index in [0.29, 0.717) is 4.73 Å². The molecule has 0 bridgehead atoms. The highest BCUT2D eigenvalue weighted by molar-refractivity contribution is 9.10. The van der Waals surface area contributed by atoms with E-state index >= 15 is 0 Å². The van der Waals surface area contributed by atoms with E-state index in [-0.39, 0.29) is 23.3 Å². The van der Waals surface area contributed by atoms with Crippen molar-refractivity contribution < 1.29 is 0 Å². The van der Waals surface area contributed by atoms with Crippen LogP contribution in [0.15, 0.2) is 11.1 Å². The van der Waals surface area contributed by atoms with Crippen LogP contribution in [0.5, 0.6) is 0 Å². The van der Waals surface area contributed by atoms with Crippen molar-refractivity contribution in [2.45, 2.75) is 0 Å². The summed E-state index contributed by atoms with van der Waals surface area (Å²) >= 11 is 3.01. The number of hydrogen-bond acceptors (Lipinski definition) is 2. The lowest BCUT2D eigenvalue weighted by Crippen LogP contribution is -1.59. The summed E-state index contributed by atoms with van der Waals surface area (Å²) in [6.45, 7) is 26.2. The maximum Gasteiger partial charge on any atom is 0.336 e. The summed E-state index contributed by atoms with van der Waals surface area (Å²) in [4.78, 5) is 24.5. The summed E-state index contributed by atoms with van der Waals surface area (Å²) in [5.74, 6) is 0.652. The van der Waals surface area contributed by atoms with Crippen molar-refractivity contribution in [3.8, 4) is 0 Å². The van der Waals surface area contributed by atoms with Gasteiger partial charge < -0.3 is 19.4 Å². The van der Waals surface area contributed by atoms with Crippen molar-refractivity contribution in [3.63, 3.8) is 0 Å². The molecule has 2 rings (SSSR count). The second-order valence-corrected chi connectivity index (χ2v) is 3.47. The molecule has 0 saturated heterocycles. The maximum atomic E-state index is 6.59. The lowest BCUT2D eigenvalue weighted by molar-refractivity contribution is 1.25. The van der Waals surface area contributed by atoms with Gasteiger partial charge in [-0.15, -0.1) is 0 Å². The third-order valence-corrected chi connectivity index (χ3v) is 2.05. The molecular formula is C10H3BrN8. The van der Waals surface area contributed by atoms with Gasteiger partial charge in [-0.05, 0) is 0 Å². The molecule has 2 aromatic rings. The van der Waals surface area contributed by atoms with Gasteiger partial charge in [0.25, 0.3) is 29.6 Å². The van der Waals surface area contributed by atoms with Crippen LogP contribution >= 0.6 is 15.9 Å². The zero-order valence-electron chi connectivity index (χ0n) is 9.14. The van der Waals surface area contributed by atoms with E-state index in [4.69, 9.17) is 26.3 Å². The fraction of sp³-hybridized carbons (Fsp3) is 0. The molecule has 0 unspecified atom stereocenters. The van der Waals surface area contributed by atoms with Crippen molar-refractivity contribution in [3.05, 3.63) is 56.7 Å². The largest absolute Gasteiger partial charge is 0.373 e. The Morgan fingerprint density at radius 3 is 2.00 bits per heavy atom. The minimum atomic E-state index is 0.113. The first kappa shape index (κ1) is 13.9. The first-order valence-electron chi connectivity index (χ1n) is 4.45. The third kappa shape index (κ3) is 3.41. The van der Waals surface area contributed by atoms with Crippen LogP contribution in [0, 0.1) is 26.3 Å². The van der Waals surface area contributed by atoms with Crippen molar-refractivity contribution in [1.82, 2.24) is 19.9 Å². The van der Waals surface area contributed by atoms with Gasteiger partial charge in [-0.25, -0.2) is 0 Å². The molecule has 0 radical (unpaired) electrons. The van der Waals surface area contributed by atoms with Gasteiger partial charge >= 0.3 is 4.73 Å². The first-order valence-corrected chi connectivity index (χ1v) is 5.24.